The molecule has 2 heterocycles. The number of fused-ring (bicyclic) bond motifs is 1. The average Bonchev–Trinajstić information content (AvgIpc) is 3.62. The molecule has 1 spiro atoms. The number of nitrogens with one attached hydrogen (secondary N) is 1. The van der Waals surface area contributed by atoms with Crippen molar-refractivity contribution in [3.63, 3.8) is 0 Å². The van der Waals surface area contributed by atoms with Crippen molar-refractivity contribution in [3.8, 4) is 0 Å². The van der Waals surface area contributed by atoms with Gasteiger partial charge in [0.1, 0.15) is 29.3 Å². The van der Waals surface area contributed by atoms with E-state index in [2.05, 4.69) is 11.9 Å². The van der Waals surface area contributed by atoms with Crippen LogP contribution in [0.3, 0.4) is 0 Å². The number of esters is 1. The number of Topliss-reactive ketones (excluding diaryl/α,β-unsaturated/α-hetero) is 1. The zero-order valence-electron chi connectivity index (χ0n) is 22.3. The zero-order valence-corrected chi connectivity index (χ0v) is 22.3. The van der Waals surface area contributed by atoms with Crippen LogP contribution in [0.2, 0.25) is 0 Å². The minimum absolute atomic E-state index is 0.302. The van der Waals surface area contributed by atoms with Crippen LogP contribution in [0.1, 0.15) is 39.7 Å². The molecule has 3 N–H and O–H groups in total. The van der Waals surface area contributed by atoms with Crippen LogP contribution in [-0.4, -0.2) is 63.9 Å². The number of hydrogen-bond donors (Lipinski definition) is 3. The van der Waals surface area contributed by atoms with Gasteiger partial charge in [0, 0.05) is 30.7 Å². The molecule has 8 nitrogen and oxygen atoms in total. The molecule has 5 rings (SSSR count). The minimum atomic E-state index is -1.83. The summed E-state index contributed by atoms with van der Waals surface area (Å²) < 4.78 is 11.9. The Labute approximate surface area is 223 Å². The van der Waals surface area contributed by atoms with E-state index in [0.717, 1.165) is 5.56 Å². The van der Waals surface area contributed by atoms with E-state index in [4.69, 9.17) is 9.47 Å². The summed E-state index contributed by atoms with van der Waals surface area (Å²) in [7, 11) is 0. The van der Waals surface area contributed by atoms with Gasteiger partial charge in [-0.2, -0.15) is 0 Å². The van der Waals surface area contributed by atoms with E-state index in [9.17, 15) is 24.6 Å². The molecule has 1 aromatic rings. The van der Waals surface area contributed by atoms with Gasteiger partial charge in [0.15, 0.2) is 5.78 Å². The van der Waals surface area contributed by atoms with Crippen LogP contribution in [-0.2, 0) is 30.3 Å². The number of ether oxygens (including phenoxy) is 2. The number of carbonyl (C=O) groups is 3. The topological polar surface area (TPSA) is 125 Å². The van der Waals surface area contributed by atoms with Crippen LogP contribution in [0.4, 0.5) is 0 Å². The summed E-state index contributed by atoms with van der Waals surface area (Å²) in [5, 5.41) is 26.0. The van der Waals surface area contributed by atoms with Gasteiger partial charge in [0.25, 0.3) is 0 Å². The molecule has 8 heteroatoms. The summed E-state index contributed by atoms with van der Waals surface area (Å²) in [5.74, 6) is -3.34. The summed E-state index contributed by atoms with van der Waals surface area (Å²) in [6, 6.07) is 9.48. The highest BCUT2D eigenvalue weighted by atomic mass is 16.6. The smallest absolute Gasteiger partial charge is 0.303 e. The highest BCUT2D eigenvalue weighted by Gasteiger charge is 2.74. The third-order valence-corrected chi connectivity index (χ3v) is 9.31. The van der Waals surface area contributed by atoms with Gasteiger partial charge in [-0.05, 0) is 36.8 Å². The lowest BCUT2D eigenvalue weighted by Crippen LogP contribution is -2.62. The molecule has 2 saturated heterocycles. The molecule has 1 aromatic carbocycles. The molecule has 0 aromatic heterocycles. The maximum atomic E-state index is 14.3. The van der Waals surface area contributed by atoms with Crippen molar-refractivity contribution in [1.82, 2.24) is 5.32 Å². The Kier molecular flexibility index (Phi) is 6.65. The fourth-order valence-electron chi connectivity index (χ4n) is 7.41. The summed E-state index contributed by atoms with van der Waals surface area (Å²) in [4.78, 5) is 40.0. The van der Waals surface area contributed by atoms with Gasteiger partial charge in [-0.3, -0.25) is 14.4 Å². The van der Waals surface area contributed by atoms with Crippen LogP contribution < -0.4 is 5.32 Å². The molecule has 0 radical (unpaired) electrons. The molecule has 3 fully saturated rings. The first-order valence-electron chi connectivity index (χ1n) is 13.4. The van der Waals surface area contributed by atoms with Crippen LogP contribution in [0, 0.1) is 29.1 Å². The third-order valence-electron chi connectivity index (χ3n) is 9.31. The molecular formula is C30H37NO7. The summed E-state index contributed by atoms with van der Waals surface area (Å²) in [6.07, 6.45) is 0.350. The van der Waals surface area contributed by atoms with Gasteiger partial charge in [0.2, 0.25) is 5.91 Å². The first-order valence-corrected chi connectivity index (χ1v) is 13.4. The van der Waals surface area contributed by atoms with Gasteiger partial charge in [-0.15, -0.1) is 0 Å². The van der Waals surface area contributed by atoms with E-state index in [0.29, 0.717) is 18.4 Å². The number of carbonyl (C=O) groups excluding carboxylic acids is 3. The molecule has 1 unspecified atom stereocenters. The van der Waals surface area contributed by atoms with Crippen molar-refractivity contribution in [2.75, 3.05) is 0 Å². The zero-order chi connectivity index (χ0) is 27.6. The van der Waals surface area contributed by atoms with Gasteiger partial charge >= 0.3 is 5.97 Å². The summed E-state index contributed by atoms with van der Waals surface area (Å²) >= 11 is 0. The van der Waals surface area contributed by atoms with E-state index in [1.807, 2.05) is 37.3 Å². The highest BCUT2D eigenvalue weighted by molar-refractivity contribution is 5.91. The molecule has 11 atom stereocenters. The van der Waals surface area contributed by atoms with Crippen molar-refractivity contribution in [1.29, 1.82) is 0 Å². The SMILES string of the molecule is C=C1[C@@H](C)[C@H]2[C@H](Cc3ccccc3)NC(=O)[C@]23C(OC(C)=O)[C@@H]2O[C@H]2[C@@](C)(O)C(=O)[C@@H](C)C/C=C\[C@H]3[C@@H]1O. The normalized spacial score (nSPS) is 45.1. The van der Waals surface area contributed by atoms with Crippen LogP contribution >= 0.6 is 0 Å². The predicted octanol–water partition coefficient (Wildman–Crippen LogP) is 2.13. The van der Waals surface area contributed by atoms with Gasteiger partial charge in [-0.25, -0.2) is 0 Å². The fourth-order valence-corrected chi connectivity index (χ4v) is 7.41. The standard InChI is InChI=1S/C30H37NO7/c1-15-10-9-13-20-23(33)17(3)16(2)22-21(14-19-11-7-6-8-12-19)31-28(35)30(20,22)27(37-18(4)32)24-26(38-24)29(5,36)25(15)34/h6-9,11-13,15-16,20-24,26-27,33,36H,3,10,14H2,1-2,4-5H3,(H,31,35)/b13-9-/t15-,16+,20-,21-,22-,23+,24+,26+,27?,29-,30-/m0/s1. The fraction of sp³-hybridized carbons (Fsp3) is 0.567. The van der Waals surface area contributed by atoms with Crippen molar-refractivity contribution in [2.24, 2.45) is 29.1 Å². The number of aliphatic hydroxyl groups excluding tert-OH is 1. The molecule has 0 bridgehead atoms. The molecule has 4 aliphatic rings. The van der Waals surface area contributed by atoms with E-state index in [1.165, 1.54) is 13.8 Å². The minimum Gasteiger partial charge on any atom is -0.458 e. The Morgan fingerprint density at radius 3 is 2.58 bits per heavy atom. The Balaban J connectivity index is 1.70. The number of amides is 1. The first-order chi connectivity index (χ1) is 17.9. The molecule has 2 aliphatic heterocycles. The van der Waals surface area contributed by atoms with Crippen molar-refractivity contribution >= 4 is 17.7 Å². The molecule has 1 saturated carbocycles. The van der Waals surface area contributed by atoms with E-state index in [1.54, 1.807) is 19.1 Å². The Hall–Kier alpha value is -2.81. The largest absolute Gasteiger partial charge is 0.458 e. The Morgan fingerprint density at radius 1 is 1.24 bits per heavy atom. The third kappa shape index (κ3) is 3.96. The Morgan fingerprint density at radius 2 is 1.92 bits per heavy atom. The lowest BCUT2D eigenvalue weighted by molar-refractivity contribution is -0.175. The summed E-state index contributed by atoms with van der Waals surface area (Å²) in [5.41, 5.74) is -1.60. The lowest BCUT2D eigenvalue weighted by Gasteiger charge is -2.52. The van der Waals surface area contributed by atoms with Crippen LogP contribution in [0.5, 0.6) is 0 Å². The van der Waals surface area contributed by atoms with Gasteiger partial charge in [-0.1, -0.05) is 62.9 Å². The maximum Gasteiger partial charge on any atom is 0.303 e. The second-order valence-corrected chi connectivity index (χ2v) is 11.7. The number of epoxide rings is 1. The van der Waals surface area contributed by atoms with Crippen molar-refractivity contribution in [2.45, 2.75) is 76.6 Å². The molecule has 204 valence electrons. The van der Waals surface area contributed by atoms with Crippen LogP contribution in [0.25, 0.3) is 0 Å². The second kappa shape index (κ2) is 9.43. The highest BCUT2D eigenvalue weighted by Crippen LogP contribution is 2.61. The maximum absolute atomic E-state index is 14.3. The number of rotatable bonds is 3. The van der Waals surface area contributed by atoms with Gasteiger partial charge < -0.3 is 25.0 Å². The Bertz CT molecular complexity index is 1180. The molecular weight excluding hydrogens is 486 g/mol. The number of aliphatic hydroxyl groups is 2. The lowest BCUT2D eigenvalue weighted by atomic mass is 9.51. The van der Waals surface area contributed by atoms with Crippen LogP contribution in [0.15, 0.2) is 54.6 Å². The predicted molar refractivity (Wildman–Crippen MR) is 139 cm³/mol. The van der Waals surface area contributed by atoms with E-state index in [-0.39, 0.29) is 23.7 Å². The quantitative estimate of drug-likeness (QED) is 0.315. The molecule has 38 heavy (non-hydrogen) atoms. The number of allylic oxidation sites excluding steroid dienone is 1. The monoisotopic (exact) mass is 523 g/mol. The number of benzene rings is 1. The van der Waals surface area contributed by atoms with Crippen molar-refractivity contribution in [3.05, 3.63) is 60.2 Å². The number of ketones is 1. The first kappa shape index (κ1) is 26.8. The molecule has 1 amide bonds. The molecule has 2 aliphatic carbocycles. The van der Waals surface area contributed by atoms with Crippen molar-refractivity contribution < 1.29 is 34.1 Å². The van der Waals surface area contributed by atoms with Gasteiger partial charge in [0.05, 0.1) is 6.10 Å². The number of hydrogen-bond acceptors (Lipinski definition) is 7. The van der Waals surface area contributed by atoms with E-state index < -0.39 is 59.2 Å². The summed E-state index contributed by atoms with van der Waals surface area (Å²) in [6.45, 7) is 10.6. The average molecular weight is 524 g/mol. The second-order valence-electron chi connectivity index (χ2n) is 11.7. The van der Waals surface area contributed by atoms with E-state index >= 15 is 0 Å².